The zero-order valence-corrected chi connectivity index (χ0v) is 12.8. The molecule has 122 valence electrons. The Balaban J connectivity index is 2.07. The second kappa shape index (κ2) is 5.56. The molecule has 2 heterocycles. The summed E-state index contributed by atoms with van der Waals surface area (Å²) in [6.07, 6.45) is 0. The van der Waals surface area contributed by atoms with Crippen molar-refractivity contribution in [2.75, 3.05) is 0 Å². The second-order valence-electron chi connectivity index (χ2n) is 5.61. The predicted octanol–water partition coefficient (Wildman–Crippen LogP) is 3.75. The Labute approximate surface area is 140 Å². The van der Waals surface area contributed by atoms with E-state index in [4.69, 9.17) is 4.74 Å². The van der Waals surface area contributed by atoms with Crippen molar-refractivity contribution >= 4 is 0 Å². The highest BCUT2D eigenvalue weighted by atomic mass is 19.1. The number of H-pyrrole nitrogens is 1. The zero-order chi connectivity index (χ0) is 17.6. The summed E-state index contributed by atoms with van der Waals surface area (Å²) >= 11 is 0. The maximum Gasteiger partial charge on any atom is 0.266 e. The fourth-order valence-electron chi connectivity index (χ4n) is 3.03. The molecule has 1 N–H and O–H groups in total. The van der Waals surface area contributed by atoms with Crippen LogP contribution in [0.15, 0.2) is 47.3 Å². The van der Waals surface area contributed by atoms with Crippen LogP contribution >= 0.6 is 0 Å². The first-order chi connectivity index (χ1) is 12.1. The SMILES string of the molecule is N#Cc1c(-c2ccc(F)cc2)c2c([nH]c1=O)-c1cc(F)ccc1OC2. The van der Waals surface area contributed by atoms with Gasteiger partial charge in [-0.05, 0) is 35.9 Å². The van der Waals surface area contributed by atoms with Crippen LogP contribution in [0.5, 0.6) is 5.75 Å². The van der Waals surface area contributed by atoms with E-state index in [2.05, 4.69) is 4.98 Å². The van der Waals surface area contributed by atoms with E-state index < -0.39 is 17.2 Å². The largest absolute Gasteiger partial charge is 0.488 e. The van der Waals surface area contributed by atoms with Gasteiger partial charge in [0, 0.05) is 16.7 Å². The van der Waals surface area contributed by atoms with Crippen molar-refractivity contribution in [1.29, 1.82) is 5.26 Å². The lowest BCUT2D eigenvalue weighted by Crippen LogP contribution is -2.19. The second-order valence-corrected chi connectivity index (χ2v) is 5.61. The topological polar surface area (TPSA) is 65.9 Å². The normalized spacial score (nSPS) is 11.9. The molecule has 0 saturated heterocycles. The highest BCUT2D eigenvalue weighted by Gasteiger charge is 2.26. The molecule has 0 bridgehead atoms. The number of nitriles is 1. The first-order valence-electron chi connectivity index (χ1n) is 7.46. The minimum absolute atomic E-state index is 0.0891. The van der Waals surface area contributed by atoms with Gasteiger partial charge in [0.2, 0.25) is 0 Å². The number of hydrogen-bond acceptors (Lipinski definition) is 3. The zero-order valence-electron chi connectivity index (χ0n) is 12.8. The van der Waals surface area contributed by atoms with Crippen LogP contribution in [0.1, 0.15) is 11.1 Å². The van der Waals surface area contributed by atoms with E-state index in [1.54, 1.807) is 0 Å². The number of hydrogen-bond donors (Lipinski definition) is 1. The highest BCUT2D eigenvalue weighted by Crippen LogP contribution is 2.40. The molecule has 4 rings (SSSR count). The third-order valence-electron chi connectivity index (χ3n) is 4.15. The summed E-state index contributed by atoms with van der Waals surface area (Å²) in [6, 6.07) is 11.4. The maximum atomic E-state index is 13.7. The number of pyridine rings is 1. The van der Waals surface area contributed by atoms with Crippen LogP contribution in [-0.2, 0) is 6.61 Å². The Bertz CT molecular complexity index is 1100. The fourth-order valence-corrected chi connectivity index (χ4v) is 3.03. The molecule has 1 aliphatic rings. The minimum atomic E-state index is -0.585. The van der Waals surface area contributed by atoms with Crippen LogP contribution in [-0.4, -0.2) is 4.98 Å². The molecule has 0 spiro atoms. The number of benzene rings is 2. The van der Waals surface area contributed by atoms with Gasteiger partial charge < -0.3 is 9.72 Å². The van der Waals surface area contributed by atoms with Gasteiger partial charge in [-0.2, -0.15) is 5.26 Å². The van der Waals surface area contributed by atoms with E-state index >= 15 is 0 Å². The fraction of sp³-hybridized carbons (Fsp3) is 0.0526. The van der Waals surface area contributed by atoms with Crippen LogP contribution < -0.4 is 10.3 Å². The number of ether oxygens (including phenoxy) is 1. The molecular formula is C19H10F2N2O2. The molecule has 1 aliphatic heterocycles. The van der Waals surface area contributed by atoms with Gasteiger partial charge >= 0.3 is 0 Å². The van der Waals surface area contributed by atoms with Gasteiger partial charge in [-0.15, -0.1) is 0 Å². The molecule has 0 saturated carbocycles. The molecule has 0 aliphatic carbocycles. The number of aromatic nitrogens is 1. The lowest BCUT2D eigenvalue weighted by Gasteiger charge is -2.23. The van der Waals surface area contributed by atoms with Gasteiger partial charge in [0.25, 0.3) is 5.56 Å². The molecule has 0 amide bonds. The van der Waals surface area contributed by atoms with Crippen molar-refractivity contribution in [3.8, 4) is 34.2 Å². The van der Waals surface area contributed by atoms with E-state index in [9.17, 15) is 18.8 Å². The number of nitrogens with zero attached hydrogens (tertiary/aromatic N) is 1. The third-order valence-corrected chi connectivity index (χ3v) is 4.15. The molecule has 0 atom stereocenters. The van der Waals surface area contributed by atoms with Gasteiger partial charge in [0.1, 0.15) is 35.6 Å². The first kappa shape index (κ1) is 15.1. The van der Waals surface area contributed by atoms with Crippen LogP contribution in [0.4, 0.5) is 8.78 Å². The van der Waals surface area contributed by atoms with Crippen molar-refractivity contribution < 1.29 is 13.5 Å². The van der Waals surface area contributed by atoms with Crippen molar-refractivity contribution in [2.45, 2.75) is 6.61 Å². The molecular weight excluding hydrogens is 326 g/mol. The van der Waals surface area contributed by atoms with E-state index in [-0.39, 0.29) is 12.2 Å². The number of rotatable bonds is 1. The van der Waals surface area contributed by atoms with Gasteiger partial charge in [-0.25, -0.2) is 8.78 Å². The van der Waals surface area contributed by atoms with E-state index in [0.29, 0.717) is 33.7 Å². The predicted molar refractivity (Wildman–Crippen MR) is 86.9 cm³/mol. The van der Waals surface area contributed by atoms with Gasteiger partial charge in [0.15, 0.2) is 0 Å². The van der Waals surface area contributed by atoms with Gasteiger partial charge in [-0.1, -0.05) is 12.1 Å². The molecule has 2 aromatic carbocycles. The van der Waals surface area contributed by atoms with Gasteiger partial charge in [-0.3, -0.25) is 4.79 Å². The summed E-state index contributed by atoms with van der Waals surface area (Å²) < 4.78 is 32.6. The smallest absolute Gasteiger partial charge is 0.266 e. The Hall–Kier alpha value is -3.46. The summed E-state index contributed by atoms with van der Waals surface area (Å²) in [4.78, 5) is 15.0. The van der Waals surface area contributed by atoms with E-state index in [1.807, 2.05) is 6.07 Å². The average Bonchev–Trinajstić information content (AvgIpc) is 2.61. The van der Waals surface area contributed by atoms with Crippen molar-refractivity contribution in [2.24, 2.45) is 0 Å². The standard InChI is InChI=1S/C19H10F2N2O2/c20-11-3-1-10(2-4-11)17-14(8-22)19(24)23-18-13-7-12(21)5-6-16(13)25-9-15(17)18/h1-7H,9H2,(H,23,24). The summed E-state index contributed by atoms with van der Waals surface area (Å²) in [6.45, 7) is 0.103. The maximum absolute atomic E-state index is 13.7. The van der Waals surface area contributed by atoms with Crippen LogP contribution in [0.2, 0.25) is 0 Å². The summed E-state index contributed by atoms with van der Waals surface area (Å²) in [7, 11) is 0. The molecule has 0 unspecified atom stereocenters. The third kappa shape index (κ3) is 2.37. The summed E-state index contributed by atoms with van der Waals surface area (Å²) in [5.41, 5.74) is 1.59. The lowest BCUT2D eigenvalue weighted by molar-refractivity contribution is 0.301. The molecule has 6 heteroatoms. The van der Waals surface area contributed by atoms with Gasteiger partial charge in [0.05, 0.1) is 5.69 Å². The molecule has 1 aromatic heterocycles. The average molecular weight is 336 g/mol. The summed E-state index contributed by atoms with van der Waals surface area (Å²) in [5.74, 6) is -0.451. The Morgan fingerprint density at radius 3 is 2.52 bits per heavy atom. The number of fused-ring (bicyclic) bond motifs is 3. The molecule has 0 radical (unpaired) electrons. The van der Waals surface area contributed by atoms with Crippen LogP contribution in [0, 0.1) is 23.0 Å². The molecule has 3 aromatic rings. The van der Waals surface area contributed by atoms with E-state index in [1.165, 1.54) is 42.5 Å². The molecule has 0 fully saturated rings. The number of halogens is 2. The van der Waals surface area contributed by atoms with Crippen molar-refractivity contribution in [3.63, 3.8) is 0 Å². The quantitative estimate of drug-likeness (QED) is 0.736. The Kier molecular flexibility index (Phi) is 3.36. The van der Waals surface area contributed by atoms with Crippen LogP contribution in [0.3, 0.4) is 0 Å². The van der Waals surface area contributed by atoms with E-state index in [0.717, 1.165) is 0 Å². The molecule has 25 heavy (non-hydrogen) atoms. The minimum Gasteiger partial charge on any atom is -0.488 e. The highest BCUT2D eigenvalue weighted by molar-refractivity contribution is 5.83. The Morgan fingerprint density at radius 2 is 1.80 bits per heavy atom. The monoisotopic (exact) mass is 336 g/mol. The van der Waals surface area contributed by atoms with Crippen molar-refractivity contribution in [3.05, 3.63) is 75.6 Å². The summed E-state index contributed by atoms with van der Waals surface area (Å²) in [5, 5.41) is 9.41. The lowest BCUT2D eigenvalue weighted by atomic mass is 9.91. The Morgan fingerprint density at radius 1 is 1.08 bits per heavy atom. The van der Waals surface area contributed by atoms with Crippen molar-refractivity contribution in [1.82, 2.24) is 4.98 Å². The number of nitrogens with one attached hydrogen (secondary N) is 1. The number of aromatic amines is 1. The molecule has 4 nitrogen and oxygen atoms in total. The van der Waals surface area contributed by atoms with Crippen LogP contribution in [0.25, 0.3) is 22.4 Å². The first-order valence-corrected chi connectivity index (χ1v) is 7.46.